The maximum Gasteiger partial charge on any atom is 0.415 e. The Morgan fingerprint density at radius 2 is 2.25 bits per heavy atom. The van der Waals surface area contributed by atoms with Crippen LogP contribution in [-0.2, 0) is 4.74 Å². The van der Waals surface area contributed by atoms with Gasteiger partial charge in [-0.2, -0.15) is 0 Å². The number of cyclic esters (lactones) is 1. The van der Waals surface area contributed by atoms with Gasteiger partial charge in [0.15, 0.2) is 0 Å². The zero-order valence-electron chi connectivity index (χ0n) is 9.24. The quantitative estimate of drug-likeness (QED) is 0.743. The second-order valence-corrected chi connectivity index (χ2v) is 5.89. The first-order valence-electron chi connectivity index (χ1n) is 5.04. The van der Waals surface area contributed by atoms with E-state index in [-0.39, 0.29) is 11.5 Å². The predicted molar refractivity (Wildman–Crippen MR) is 69.4 cm³/mol. The molecule has 1 saturated heterocycles. The van der Waals surface area contributed by atoms with E-state index < -0.39 is 0 Å². The molecule has 4 nitrogen and oxygen atoms in total. The van der Waals surface area contributed by atoms with Crippen molar-refractivity contribution in [2.45, 2.75) is 13.8 Å². The van der Waals surface area contributed by atoms with Gasteiger partial charge in [0, 0.05) is 21.7 Å². The highest BCUT2D eigenvalue weighted by molar-refractivity contribution is 14.1. The minimum atomic E-state index is -0.312. The van der Waals surface area contributed by atoms with Crippen LogP contribution in [0.25, 0.3) is 0 Å². The molecule has 0 spiro atoms. The highest BCUT2D eigenvalue weighted by Gasteiger charge is 2.34. The van der Waals surface area contributed by atoms with Crippen LogP contribution in [0.5, 0.6) is 0 Å². The second-order valence-electron chi connectivity index (χ2n) is 4.64. The normalized spacial score (nSPS) is 19.4. The molecule has 86 valence electrons. The molecule has 1 aromatic heterocycles. The molecule has 0 radical (unpaired) electrons. The van der Waals surface area contributed by atoms with Crippen molar-refractivity contribution in [3.05, 3.63) is 21.9 Å². The minimum absolute atomic E-state index is 0.0292. The molecule has 0 aromatic carbocycles. The van der Waals surface area contributed by atoms with Gasteiger partial charge >= 0.3 is 6.09 Å². The molecule has 16 heavy (non-hydrogen) atoms. The number of pyridine rings is 1. The number of hydrogen-bond acceptors (Lipinski definition) is 3. The first-order chi connectivity index (χ1) is 7.48. The van der Waals surface area contributed by atoms with Crippen LogP contribution in [0.4, 0.5) is 10.6 Å². The van der Waals surface area contributed by atoms with Gasteiger partial charge < -0.3 is 4.74 Å². The predicted octanol–water partition coefficient (Wildman–Crippen LogP) is 2.67. The Balaban J connectivity index is 2.25. The summed E-state index contributed by atoms with van der Waals surface area (Å²) in [6.45, 7) is 5.24. The fourth-order valence-corrected chi connectivity index (χ4v) is 1.89. The monoisotopic (exact) mass is 332 g/mol. The number of carbonyl (C=O) groups is 1. The van der Waals surface area contributed by atoms with Crippen molar-refractivity contribution in [3.8, 4) is 0 Å². The minimum Gasteiger partial charge on any atom is -0.448 e. The largest absolute Gasteiger partial charge is 0.448 e. The number of ether oxygens (including phenoxy) is 1. The fourth-order valence-electron chi connectivity index (χ4n) is 1.58. The summed E-state index contributed by atoms with van der Waals surface area (Å²) in [4.78, 5) is 17.4. The maximum atomic E-state index is 11.6. The molecular formula is C11H13IN2O2. The van der Waals surface area contributed by atoms with Gasteiger partial charge in [0.25, 0.3) is 0 Å². The molecular weight excluding hydrogens is 319 g/mol. The molecule has 0 bridgehead atoms. The number of anilines is 1. The number of aromatic nitrogens is 1. The van der Waals surface area contributed by atoms with Crippen LogP contribution in [0.3, 0.4) is 0 Å². The lowest BCUT2D eigenvalue weighted by molar-refractivity contribution is 0.0819. The molecule has 5 heteroatoms. The number of hydrogen-bond donors (Lipinski definition) is 0. The first kappa shape index (κ1) is 11.6. The average Bonchev–Trinajstić information content (AvgIpc) is 2.23. The Morgan fingerprint density at radius 1 is 1.50 bits per heavy atom. The van der Waals surface area contributed by atoms with Crippen molar-refractivity contribution in [2.24, 2.45) is 5.41 Å². The van der Waals surface area contributed by atoms with Crippen LogP contribution in [0.1, 0.15) is 13.8 Å². The summed E-state index contributed by atoms with van der Waals surface area (Å²) >= 11 is 2.18. The highest BCUT2D eigenvalue weighted by Crippen LogP contribution is 2.26. The lowest BCUT2D eigenvalue weighted by atomic mass is 9.93. The number of halogens is 1. The van der Waals surface area contributed by atoms with Crippen molar-refractivity contribution in [3.63, 3.8) is 0 Å². The molecule has 0 saturated carbocycles. The lowest BCUT2D eigenvalue weighted by Gasteiger charge is -2.36. The summed E-state index contributed by atoms with van der Waals surface area (Å²) in [5, 5.41) is 0. The number of nitrogens with zero attached hydrogens (tertiary/aromatic N) is 2. The van der Waals surface area contributed by atoms with Gasteiger partial charge in [-0.15, -0.1) is 0 Å². The van der Waals surface area contributed by atoms with Crippen molar-refractivity contribution >= 4 is 34.5 Å². The van der Waals surface area contributed by atoms with E-state index in [1.165, 1.54) is 0 Å². The maximum absolute atomic E-state index is 11.6. The second kappa shape index (κ2) is 4.20. The lowest BCUT2D eigenvalue weighted by Crippen LogP contribution is -2.47. The van der Waals surface area contributed by atoms with E-state index >= 15 is 0 Å². The highest BCUT2D eigenvalue weighted by atomic mass is 127. The first-order valence-corrected chi connectivity index (χ1v) is 6.12. The van der Waals surface area contributed by atoms with Gasteiger partial charge in [0.2, 0.25) is 0 Å². The summed E-state index contributed by atoms with van der Waals surface area (Å²) in [7, 11) is 0. The standard InChI is InChI=1S/C11H13IN2O2/c1-11(2)6-14(10(15)16-7-11)9-4-3-8(12)5-13-9/h3-5H,6-7H2,1-2H3. The zero-order valence-corrected chi connectivity index (χ0v) is 11.4. The number of carbonyl (C=O) groups excluding carboxylic acids is 1. The van der Waals surface area contributed by atoms with Crippen LogP contribution >= 0.6 is 22.6 Å². The van der Waals surface area contributed by atoms with E-state index in [0.717, 1.165) is 3.57 Å². The molecule has 2 heterocycles. The van der Waals surface area contributed by atoms with Gasteiger partial charge in [-0.25, -0.2) is 9.78 Å². The van der Waals surface area contributed by atoms with Crippen LogP contribution in [0, 0.1) is 8.99 Å². The third-order valence-corrected chi connectivity index (χ3v) is 3.02. The third kappa shape index (κ3) is 2.45. The Labute approximate surface area is 108 Å². The van der Waals surface area contributed by atoms with E-state index in [2.05, 4.69) is 41.4 Å². The Hall–Kier alpha value is -0.850. The molecule has 1 fully saturated rings. The van der Waals surface area contributed by atoms with Gasteiger partial charge in [-0.1, -0.05) is 13.8 Å². The Kier molecular flexibility index (Phi) is 3.05. The molecule has 2 rings (SSSR count). The van der Waals surface area contributed by atoms with Gasteiger partial charge in [-0.3, -0.25) is 4.90 Å². The van der Waals surface area contributed by atoms with E-state index in [0.29, 0.717) is 19.0 Å². The molecule has 0 N–H and O–H groups in total. The van der Waals surface area contributed by atoms with Crippen LogP contribution in [0.2, 0.25) is 0 Å². The SMILES string of the molecule is CC1(C)COC(=O)N(c2ccc(I)cn2)C1. The van der Waals surface area contributed by atoms with E-state index in [4.69, 9.17) is 4.74 Å². The molecule has 1 amide bonds. The van der Waals surface area contributed by atoms with Gasteiger partial charge in [-0.05, 0) is 34.7 Å². The van der Waals surface area contributed by atoms with E-state index in [1.54, 1.807) is 11.1 Å². The topological polar surface area (TPSA) is 42.4 Å². The molecule has 1 aliphatic rings. The number of rotatable bonds is 1. The smallest absolute Gasteiger partial charge is 0.415 e. The van der Waals surface area contributed by atoms with Crippen LogP contribution < -0.4 is 4.90 Å². The third-order valence-electron chi connectivity index (χ3n) is 2.38. The molecule has 1 aromatic rings. The van der Waals surface area contributed by atoms with Crippen molar-refractivity contribution in [2.75, 3.05) is 18.1 Å². The van der Waals surface area contributed by atoms with Gasteiger partial charge in [0.05, 0.1) is 6.61 Å². The van der Waals surface area contributed by atoms with E-state index in [9.17, 15) is 4.79 Å². The molecule has 0 aliphatic carbocycles. The Bertz CT molecular complexity index is 403. The fraction of sp³-hybridized carbons (Fsp3) is 0.455. The van der Waals surface area contributed by atoms with E-state index in [1.807, 2.05) is 12.1 Å². The summed E-state index contributed by atoms with van der Waals surface area (Å²) < 4.78 is 6.18. The van der Waals surface area contributed by atoms with Crippen molar-refractivity contribution in [1.82, 2.24) is 4.98 Å². The van der Waals surface area contributed by atoms with Crippen molar-refractivity contribution in [1.29, 1.82) is 0 Å². The molecule has 1 aliphatic heterocycles. The van der Waals surface area contributed by atoms with Crippen molar-refractivity contribution < 1.29 is 9.53 Å². The average molecular weight is 332 g/mol. The van der Waals surface area contributed by atoms with Gasteiger partial charge in [0.1, 0.15) is 5.82 Å². The Morgan fingerprint density at radius 3 is 2.88 bits per heavy atom. The summed E-state index contributed by atoms with van der Waals surface area (Å²) in [6, 6.07) is 3.77. The summed E-state index contributed by atoms with van der Waals surface area (Å²) in [5.74, 6) is 0.651. The van der Waals surface area contributed by atoms with Crippen LogP contribution in [-0.4, -0.2) is 24.2 Å². The number of amides is 1. The summed E-state index contributed by atoms with van der Waals surface area (Å²) in [5.41, 5.74) is -0.0292. The molecule has 0 atom stereocenters. The summed E-state index contributed by atoms with van der Waals surface area (Å²) in [6.07, 6.45) is 1.43. The zero-order chi connectivity index (χ0) is 11.8. The van der Waals surface area contributed by atoms with Crippen LogP contribution in [0.15, 0.2) is 18.3 Å². The molecule has 0 unspecified atom stereocenters.